The summed E-state index contributed by atoms with van der Waals surface area (Å²) in [6.45, 7) is 1.72. The van der Waals surface area contributed by atoms with Crippen molar-refractivity contribution in [2.75, 3.05) is 5.75 Å². The minimum atomic E-state index is -1.01. The van der Waals surface area contributed by atoms with Crippen molar-refractivity contribution in [3.63, 3.8) is 0 Å². The zero-order valence-corrected chi connectivity index (χ0v) is 11.8. The highest BCUT2D eigenvalue weighted by Crippen LogP contribution is 2.19. The van der Waals surface area contributed by atoms with Gasteiger partial charge in [0.1, 0.15) is 0 Å². The average molecular weight is 286 g/mol. The van der Waals surface area contributed by atoms with E-state index in [1.165, 1.54) is 17.8 Å². The number of hydrogen-bond acceptors (Lipinski definition) is 3. The molecule has 0 saturated carbocycles. The van der Waals surface area contributed by atoms with Crippen molar-refractivity contribution in [1.82, 2.24) is 0 Å². The molecule has 2 rings (SSSR count). The van der Waals surface area contributed by atoms with Crippen LogP contribution in [0.25, 0.3) is 0 Å². The Kier molecular flexibility index (Phi) is 4.58. The topological polar surface area (TPSA) is 54.4 Å². The minimum Gasteiger partial charge on any atom is -0.478 e. The quantitative estimate of drug-likeness (QED) is 0.673. The summed E-state index contributed by atoms with van der Waals surface area (Å²) in [5.74, 6) is -0.777. The van der Waals surface area contributed by atoms with E-state index in [0.717, 1.165) is 4.90 Å². The monoisotopic (exact) mass is 286 g/mol. The van der Waals surface area contributed by atoms with Gasteiger partial charge in [-0.15, -0.1) is 11.8 Å². The number of rotatable bonds is 5. The van der Waals surface area contributed by atoms with Crippen LogP contribution in [0.3, 0.4) is 0 Å². The summed E-state index contributed by atoms with van der Waals surface area (Å²) in [7, 11) is 0. The highest BCUT2D eigenvalue weighted by atomic mass is 32.2. The lowest BCUT2D eigenvalue weighted by molar-refractivity contribution is 0.0696. The molecule has 0 radical (unpaired) electrons. The lowest BCUT2D eigenvalue weighted by Gasteiger charge is -2.05. The van der Waals surface area contributed by atoms with Crippen molar-refractivity contribution in [2.24, 2.45) is 0 Å². The first-order valence-electron chi connectivity index (χ1n) is 6.13. The van der Waals surface area contributed by atoms with Gasteiger partial charge in [0.05, 0.1) is 11.3 Å². The van der Waals surface area contributed by atoms with Crippen LogP contribution in [0.15, 0.2) is 53.4 Å². The second kappa shape index (κ2) is 6.39. The molecule has 0 atom stereocenters. The Morgan fingerprint density at radius 2 is 1.80 bits per heavy atom. The number of hydrogen-bond donors (Lipinski definition) is 1. The van der Waals surface area contributed by atoms with Crippen molar-refractivity contribution in [3.8, 4) is 0 Å². The third-order valence-electron chi connectivity index (χ3n) is 2.90. The van der Waals surface area contributed by atoms with Gasteiger partial charge in [-0.1, -0.05) is 30.3 Å². The van der Waals surface area contributed by atoms with Crippen LogP contribution < -0.4 is 0 Å². The number of aryl methyl sites for hydroxylation is 1. The average Bonchev–Trinajstić information content (AvgIpc) is 2.46. The summed E-state index contributed by atoms with van der Waals surface area (Å²) in [6, 6.07) is 14.4. The summed E-state index contributed by atoms with van der Waals surface area (Å²) in [6.07, 6.45) is 0. The summed E-state index contributed by atoms with van der Waals surface area (Å²) in [5, 5.41) is 9.06. The summed E-state index contributed by atoms with van der Waals surface area (Å²) in [5.41, 5.74) is 1.28. The van der Waals surface area contributed by atoms with Crippen LogP contribution in [-0.2, 0) is 0 Å². The summed E-state index contributed by atoms with van der Waals surface area (Å²) >= 11 is 1.44. The van der Waals surface area contributed by atoms with Crippen molar-refractivity contribution < 1.29 is 14.7 Å². The van der Waals surface area contributed by atoms with Gasteiger partial charge >= 0.3 is 5.97 Å². The normalized spacial score (nSPS) is 10.2. The Morgan fingerprint density at radius 1 is 1.10 bits per heavy atom. The molecular weight excluding hydrogens is 272 g/mol. The van der Waals surface area contributed by atoms with Crippen molar-refractivity contribution >= 4 is 23.5 Å². The van der Waals surface area contributed by atoms with Crippen LogP contribution in [0.2, 0.25) is 0 Å². The van der Waals surface area contributed by atoms with E-state index in [9.17, 15) is 9.59 Å². The first-order chi connectivity index (χ1) is 9.58. The molecule has 2 aromatic carbocycles. The number of Topliss-reactive ketones (excluding diaryl/α,β-unsaturated/α-hetero) is 1. The molecule has 0 aliphatic carbocycles. The smallest absolute Gasteiger partial charge is 0.335 e. The molecule has 2 aromatic rings. The Bertz CT molecular complexity index is 635. The maximum Gasteiger partial charge on any atom is 0.335 e. The fraction of sp³-hybridized carbons (Fsp3) is 0.125. The number of carboxylic acids is 1. The van der Waals surface area contributed by atoms with E-state index >= 15 is 0 Å². The minimum absolute atomic E-state index is 0.0682. The van der Waals surface area contributed by atoms with Crippen molar-refractivity contribution in [1.29, 1.82) is 0 Å². The zero-order valence-electron chi connectivity index (χ0n) is 11.0. The molecule has 102 valence electrons. The SMILES string of the molecule is Cc1ccc(C(=O)CSc2ccccc2)cc1C(=O)O. The Morgan fingerprint density at radius 3 is 2.45 bits per heavy atom. The molecule has 0 heterocycles. The highest BCUT2D eigenvalue weighted by Gasteiger charge is 2.12. The lowest BCUT2D eigenvalue weighted by atomic mass is 10.0. The predicted octanol–water partition coefficient (Wildman–Crippen LogP) is 3.67. The van der Waals surface area contributed by atoms with Crippen molar-refractivity contribution in [3.05, 3.63) is 65.2 Å². The van der Waals surface area contributed by atoms with Crippen LogP contribution in [-0.4, -0.2) is 22.6 Å². The number of carboxylic acid groups (broad SMARTS) is 1. The predicted molar refractivity (Wildman–Crippen MR) is 79.6 cm³/mol. The molecule has 0 spiro atoms. The third-order valence-corrected chi connectivity index (χ3v) is 3.92. The number of carbonyl (C=O) groups excluding carboxylic acids is 1. The second-order valence-corrected chi connectivity index (χ2v) is 5.41. The standard InChI is InChI=1S/C16H14O3S/c1-11-7-8-12(9-14(11)16(18)19)15(17)10-20-13-5-3-2-4-6-13/h2-9H,10H2,1H3,(H,18,19). The Balaban J connectivity index is 2.10. The molecule has 3 nitrogen and oxygen atoms in total. The first kappa shape index (κ1) is 14.3. The van der Waals surface area contributed by atoms with E-state index in [1.54, 1.807) is 19.1 Å². The Hall–Kier alpha value is -2.07. The molecule has 0 aliphatic heterocycles. The van der Waals surface area contributed by atoms with Gasteiger partial charge in [0.25, 0.3) is 0 Å². The number of ketones is 1. The number of thioether (sulfide) groups is 1. The van der Waals surface area contributed by atoms with Crippen LogP contribution in [0.4, 0.5) is 0 Å². The molecule has 1 N–H and O–H groups in total. The number of carbonyl (C=O) groups is 2. The number of benzene rings is 2. The van der Waals surface area contributed by atoms with E-state index in [1.807, 2.05) is 30.3 Å². The highest BCUT2D eigenvalue weighted by molar-refractivity contribution is 8.00. The fourth-order valence-electron chi connectivity index (χ4n) is 1.77. The van der Waals surface area contributed by atoms with Crippen LogP contribution in [0.5, 0.6) is 0 Å². The van der Waals surface area contributed by atoms with E-state index in [4.69, 9.17) is 5.11 Å². The van der Waals surface area contributed by atoms with Gasteiger partial charge < -0.3 is 5.11 Å². The third kappa shape index (κ3) is 3.48. The largest absolute Gasteiger partial charge is 0.478 e. The molecular formula is C16H14O3S. The molecule has 0 unspecified atom stereocenters. The second-order valence-electron chi connectivity index (χ2n) is 4.36. The molecule has 0 saturated heterocycles. The van der Waals surface area contributed by atoms with Gasteiger partial charge in [-0.3, -0.25) is 4.79 Å². The van der Waals surface area contributed by atoms with E-state index in [2.05, 4.69) is 0 Å². The molecule has 0 aliphatic rings. The maximum atomic E-state index is 12.1. The van der Waals surface area contributed by atoms with E-state index < -0.39 is 5.97 Å². The van der Waals surface area contributed by atoms with E-state index in [0.29, 0.717) is 16.9 Å². The van der Waals surface area contributed by atoms with Gasteiger partial charge in [-0.25, -0.2) is 4.79 Å². The summed E-state index contributed by atoms with van der Waals surface area (Å²) in [4.78, 5) is 24.2. The molecule has 0 fully saturated rings. The number of aromatic carboxylic acids is 1. The first-order valence-corrected chi connectivity index (χ1v) is 7.11. The lowest BCUT2D eigenvalue weighted by Crippen LogP contribution is -2.06. The molecule has 0 aromatic heterocycles. The molecule has 0 bridgehead atoms. The van der Waals surface area contributed by atoms with Gasteiger partial charge in [-0.05, 0) is 30.7 Å². The molecule has 20 heavy (non-hydrogen) atoms. The Labute approximate surface area is 121 Å². The summed E-state index contributed by atoms with van der Waals surface area (Å²) < 4.78 is 0. The van der Waals surface area contributed by atoms with Gasteiger partial charge in [0, 0.05) is 10.5 Å². The molecule has 4 heteroatoms. The van der Waals surface area contributed by atoms with Crippen LogP contribution in [0.1, 0.15) is 26.3 Å². The van der Waals surface area contributed by atoms with E-state index in [-0.39, 0.29) is 11.3 Å². The van der Waals surface area contributed by atoms with Gasteiger partial charge in [0.15, 0.2) is 5.78 Å². The maximum absolute atomic E-state index is 12.1. The van der Waals surface area contributed by atoms with Gasteiger partial charge in [0.2, 0.25) is 0 Å². The van der Waals surface area contributed by atoms with Crippen molar-refractivity contribution in [2.45, 2.75) is 11.8 Å². The van der Waals surface area contributed by atoms with Crippen LogP contribution >= 0.6 is 11.8 Å². The zero-order chi connectivity index (χ0) is 14.5. The van der Waals surface area contributed by atoms with Gasteiger partial charge in [-0.2, -0.15) is 0 Å². The van der Waals surface area contributed by atoms with Crippen LogP contribution in [0, 0.1) is 6.92 Å². The fourth-order valence-corrected chi connectivity index (χ4v) is 2.59. The molecule has 0 amide bonds.